The lowest BCUT2D eigenvalue weighted by Crippen LogP contribution is -2.17. The molecule has 0 fully saturated rings. The largest absolute Gasteiger partial charge is 0.497 e. The number of rotatable bonds is 5. The molecular formula is C14H18N2OS. The Morgan fingerprint density at radius 3 is 2.94 bits per heavy atom. The van der Waals surface area contributed by atoms with Crippen LogP contribution >= 0.6 is 11.3 Å². The number of benzene rings is 1. The molecule has 0 saturated carbocycles. The van der Waals surface area contributed by atoms with Crippen LogP contribution in [0.4, 0.5) is 0 Å². The zero-order valence-corrected chi connectivity index (χ0v) is 11.8. The van der Waals surface area contributed by atoms with Gasteiger partial charge in [-0.05, 0) is 31.5 Å². The summed E-state index contributed by atoms with van der Waals surface area (Å²) >= 11 is 1.73. The van der Waals surface area contributed by atoms with Crippen LogP contribution in [0.5, 0.6) is 5.75 Å². The number of aromatic nitrogens is 1. The molecule has 18 heavy (non-hydrogen) atoms. The number of aryl methyl sites for hydroxylation is 1. The van der Waals surface area contributed by atoms with Gasteiger partial charge in [0.2, 0.25) is 0 Å². The van der Waals surface area contributed by atoms with Gasteiger partial charge in [-0.3, -0.25) is 0 Å². The molecule has 0 aliphatic heterocycles. The number of ether oxygens (including phenoxy) is 1. The molecule has 0 spiro atoms. The first-order valence-corrected chi connectivity index (χ1v) is 6.79. The van der Waals surface area contributed by atoms with Gasteiger partial charge in [-0.1, -0.05) is 12.1 Å². The van der Waals surface area contributed by atoms with E-state index in [0.29, 0.717) is 6.04 Å². The Bertz CT molecular complexity index is 510. The lowest BCUT2D eigenvalue weighted by Gasteiger charge is -2.14. The van der Waals surface area contributed by atoms with E-state index < -0.39 is 0 Å². The highest BCUT2D eigenvalue weighted by Gasteiger charge is 2.06. The molecule has 2 aromatic rings. The molecule has 0 saturated heterocycles. The van der Waals surface area contributed by atoms with E-state index in [1.165, 1.54) is 10.4 Å². The van der Waals surface area contributed by atoms with Crippen LogP contribution in [0, 0.1) is 6.92 Å². The molecule has 0 bridgehead atoms. The van der Waals surface area contributed by atoms with Gasteiger partial charge in [0.1, 0.15) is 5.75 Å². The van der Waals surface area contributed by atoms with Gasteiger partial charge in [0.15, 0.2) is 0 Å². The summed E-state index contributed by atoms with van der Waals surface area (Å²) in [5.41, 5.74) is 1.23. The number of nitrogens with zero attached hydrogens (tertiary/aromatic N) is 1. The van der Waals surface area contributed by atoms with Crippen molar-refractivity contribution in [2.24, 2.45) is 0 Å². The number of thiazole rings is 1. The SMILES string of the molecule is COc1cccc([C@H](C)NCc2cnc(C)s2)c1. The molecule has 1 heterocycles. The Balaban J connectivity index is 1.96. The maximum atomic E-state index is 5.24. The quantitative estimate of drug-likeness (QED) is 0.897. The first kappa shape index (κ1) is 13.1. The maximum absolute atomic E-state index is 5.24. The molecule has 1 aromatic carbocycles. The van der Waals surface area contributed by atoms with Crippen LogP contribution in [0.1, 0.15) is 28.4 Å². The fraction of sp³-hybridized carbons (Fsp3) is 0.357. The van der Waals surface area contributed by atoms with Gasteiger partial charge >= 0.3 is 0 Å². The molecule has 0 unspecified atom stereocenters. The summed E-state index contributed by atoms with van der Waals surface area (Å²) in [6, 6.07) is 8.45. The third kappa shape index (κ3) is 3.31. The lowest BCUT2D eigenvalue weighted by molar-refractivity contribution is 0.413. The second-order valence-electron chi connectivity index (χ2n) is 4.22. The third-order valence-electron chi connectivity index (χ3n) is 2.85. The van der Waals surface area contributed by atoms with Gasteiger partial charge in [-0.15, -0.1) is 11.3 Å². The molecule has 1 N–H and O–H groups in total. The van der Waals surface area contributed by atoms with Crippen LogP contribution in [-0.4, -0.2) is 12.1 Å². The first-order valence-electron chi connectivity index (χ1n) is 5.97. The van der Waals surface area contributed by atoms with E-state index in [2.05, 4.69) is 29.4 Å². The monoisotopic (exact) mass is 262 g/mol. The van der Waals surface area contributed by atoms with Crippen LogP contribution in [-0.2, 0) is 6.54 Å². The van der Waals surface area contributed by atoms with Gasteiger partial charge in [0.05, 0.1) is 12.1 Å². The molecule has 0 aliphatic carbocycles. The van der Waals surface area contributed by atoms with E-state index in [4.69, 9.17) is 4.74 Å². The first-order chi connectivity index (χ1) is 8.69. The number of hydrogen-bond acceptors (Lipinski definition) is 4. The van der Waals surface area contributed by atoms with Crippen molar-refractivity contribution in [2.75, 3.05) is 7.11 Å². The Kier molecular flexibility index (Phi) is 4.33. The summed E-state index contributed by atoms with van der Waals surface area (Å²) in [6.45, 7) is 5.03. The Morgan fingerprint density at radius 2 is 2.28 bits per heavy atom. The van der Waals surface area contributed by atoms with Crippen molar-refractivity contribution in [3.05, 3.63) is 45.9 Å². The van der Waals surface area contributed by atoms with Crippen molar-refractivity contribution in [1.29, 1.82) is 0 Å². The van der Waals surface area contributed by atoms with Gasteiger partial charge in [0, 0.05) is 23.7 Å². The molecule has 0 radical (unpaired) electrons. The average Bonchev–Trinajstić information content (AvgIpc) is 2.82. The smallest absolute Gasteiger partial charge is 0.119 e. The Morgan fingerprint density at radius 1 is 1.44 bits per heavy atom. The van der Waals surface area contributed by atoms with Crippen molar-refractivity contribution >= 4 is 11.3 Å². The number of hydrogen-bond donors (Lipinski definition) is 1. The predicted molar refractivity (Wildman–Crippen MR) is 75.1 cm³/mol. The standard InChI is InChI=1S/C14H18N2OS/c1-10(12-5-4-6-13(7-12)17-3)15-8-14-9-16-11(2)18-14/h4-7,9-10,15H,8H2,1-3H3/t10-/m0/s1. The normalized spacial score (nSPS) is 12.4. The summed E-state index contributed by atoms with van der Waals surface area (Å²) < 4.78 is 5.24. The van der Waals surface area contributed by atoms with Crippen LogP contribution in [0.25, 0.3) is 0 Å². The topological polar surface area (TPSA) is 34.1 Å². The van der Waals surface area contributed by atoms with Crippen LogP contribution in [0.15, 0.2) is 30.5 Å². The van der Waals surface area contributed by atoms with E-state index in [1.54, 1.807) is 18.4 Å². The van der Waals surface area contributed by atoms with Crippen molar-refractivity contribution in [3.8, 4) is 5.75 Å². The molecule has 4 heteroatoms. The van der Waals surface area contributed by atoms with E-state index in [1.807, 2.05) is 25.3 Å². The minimum Gasteiger partial charge on any atom is -0.497 e. The Hall–Kier alpha value is -1.39. The van der Waals surface area contributed by atoms with Gasteiger partial charge in [-0.25, -0.2) is 4.98 Å². The van der Waals surface area contributed by atoms with Crippen LogP contribution in [0.3, 0.4) is 0 Å². The van der Waals surface area contributed by atoms with Crippen molar-refractivity contribution in [2.45, 2.75) is 26.4 Å². The molecule has 2 rings (SSSR count). The number of nitrogens with one attached hydrogen (secondary N) is 1. The van der Waals surface area contributed by atoms with Crippen LogP contribution in [0.2, 0.25) is 0 Å². The molecule has 1 atom stereocenters. The minimum atomic E-state index is 0.294. The zero-order chi connectivity index (χ0) is 13.0. The molecule has 96 valence electrons. The molecule has 1 aromatic heterocycles. The fourth-order valence-corrected chi connectivity index (χ4v) is 2.52. The van der Waals surface area contributed by atoms with Crippen molar-refractivity contribution in [3.63, 3.8) is 0 Å². The van der Waals surface area contributed by atoms with Crippen molar-refractivity contribution < 1.29 is 4.74 Å². The number of methoxy groups -OCH3 is 1. The summed E-state index contributed by atoms with van der Waals surface area (Å²) in [4.78, 5) is 5.52. The maximum Gasteiger partial charge on any atom is 0.119 e. The second-order valence-corrected chi connectivity index (χ2v) is 5.54. The average molecular weight is 262 g/mol. The summed E-state index contributed by atoms with van der Waals surface area (Å²) in [5, 5.41) is 4.61. The highest BCUT2D eigenvalue weighted by atomic mass is 32.1. The van der Waals surface area contributed by atoms with E-state index in [-0.39, 0.29) is 0 Å². The summed E-state index contributed by atoms with van der Waals surface area (Å²) in [6.07, 6.45) is 1.94. The lowest BCUT2D eigenvalue weighted by atomic mass is 10.1. The molecule has 0 aliphatic rings. The minimum absolute atomic E-state index is 0.294. The predicted octanol–water partition coefficient (Wildman–Crippen LogP) is 3.31. The summed E-state index contributed by atoms with van der Waals surface area (Å²) in [7, 11) is 1.69. The van der Waals surface area contributed by atoms with E-state index in [9.17, 15) is 0 Å². The highest BCUT2D eigenvalue weighted by Crippen LogP contribution is 2.19. The van der Waals surface area contributed by atoms with Gasteiger partial charge in [0.25, 0.3) is 0 Å². The van der Waals surface area contributed by atoms with Gasteiger partial charge < -0.3 is 10.1 Å². The summed E-state index contributed by atoms with van der Waals surface area (Å²) in [5.74, 6) is 0.898. The van der Waals surface area contributed by atoms with Gasteiger partial charge in [-0.2, -0.15) is 0 Å². The van der Waals surface area contributed by atoms with Crippen molar-refractivity contribution in [1.82, 2.24) is 10.3 Å². The molecule has 3 nitrogen and oxygen atoms in total. The highest BCUT2D eigenvalue weighted by molar-refractivity contribution is 7.11. The second kappa shape index (κ2) is 5.98. The third-order valence-corrected chi connectivity index (χ3v) is 3.76. The fourth-order valence-electron chi connectivity index (χ4n) is 1.77. The molecular weight excluding hydrogens is 244 g/mol. The van der Waals surface area contributed by atoms with Crippen LogP contribution < -0.4 is 10.1 Å². The zero-order valence-electron chi connectivity index (χ0n) is 10.9. The molecule has 0 amide bonds. The van der Waals surface area contributed by atoms with E-state index in [0.717, 1.165) is 17.3 Å². The Labute approximate surface area is 112 Å². The van der Waals surface area contributed by atoms with E-state index >= 15 is 0 Å².